The topological polar surface area (TPSA) is 72.5 Å². The summed E-state index contributed by atoms with van der Waals surface area (Å²) in [5.74, 6) is 3.02. The van der Waals surface area contributed by atoms with Crippen LogP contribution in [0.15, 0.2) is 12.2 Å². The maximum atomic E-state index is 12.9. The van der Waals surface area contributed by atoms with Crippen molar-refractivity contribution in [3.63, 3.8) is 0 Å². The smallest absolute Gasteiger partial charge is 0.342 e. The van der Waals surface area contributed by atoms with Crippen LogP contribution in [-0.4, -0.2) is 28.8 Å². The fraction of sp³-hybridized carbons (Fsp3) is 0.893. The summed E-state index contributed by atoms with van der Waals surface area (Å²) in [6, 6.07) is 0.388. The first-order valence-corrected chi connectivity index (χ1v) is 13.4. The molecule has 0 spiro atoms. The SMILES string of the molecule is CC(C)C(C)/C=C/[C@@]1(O)C(=O)O[C@H]2C[C@H]3[C@@H]4CCC5C[C@@H](N)CC[C@]5(C)[C@H]4CC[C@]3(C)[C@H]21. The summed E-state index contributed by atoms with van der Waals surface area (Å²) < 4.78 is 5.92. The van der Waals surface area contributed by atoms with E-state index in [0.717, 1.165) is 24.7 Å². The van der Waals surface area contributed by atoms with Crippen LogP contribution in [0.5, 0.6) is 0 Å². The molecule has 0 amide bonds. The highest BCUT2D eigenvalue weighted by Gasteiger charge is 2.71. The van der Waals surface area contributed by atoms with Gasteiger partial charge in [0.1, 0.15) is 6.10 Å². The van der Waals surface area contributed by atoms with Crippen molar-refractivity contribution in [2.75, 3.05) is 0 Å². The van der Waals surface area contributed by atoms with Crippen molar-refractivity contribution in [1.29, 1.82) is 0 Å². The molecule has 0 aromatic heterocycles. The molecule has 2 unspecified atom stereocenters. The van der Waals surface area contributed by atoms with E-state index in [0.29, 0.717) is 35.1 Å². The third-order valence-electron chi connectivity index (χ3n) is 11.5. The van der Waals surface area contributed by atoms with Crippen molar-refractivity contribution in [2.24, 2.45) is 58.0 Å². The molecular weight excluding hydrogens is 398 g/mol. The Morgan fingerprint density at radius 2 is 1.75 bits per heavy atom. The Kier molecular flexibility index (Phi) is 5.41. The molecule has 3 N–H and O–H groups in total. The number of hydrogen-bond donors (Lipinski definition) is 2. The average Bonchev–Trinajstić information content (AvgIpc) is 3.17. The number of rotatable bonds is 3. The second-order valence-corrected chi connectivity index (χ2v) is 13.2. The lowest BCUT2D eigenvalue weighted by Gasteiger charge is -2.61. The minimum atomic E-state index is -1.47. The van der Waals surface area contributed by atoms with E-state index in [-0.39, 0.29) is 17.4 Å². The minimum absolute atomic E-state index is 0.0353. The Morgan fingerprint density at radius 1 is 1.03 bits per heavy atom. The van der Waals surface area contributed by atoms with Gasteiger partial charge < -0.3 is 15.6 Å². The fourth-order valence-corrected chi connectivity index (χ4v) is 9.23. The Balaban J connectivity index is 1.43. The third-order valence-corrected chi connectivity index (χ3v) is 11.5. The highest BCUT2D eigenvalue weighted by Crippen LogP contribution is 2.70. The van der Waals surface area contributed by atoms with Crippen molar-refractivity contribution in [3.05, 3.63) is 12.2 Å². The van der Waals surface area contributed by atoms with E-state index >= 15 is 0 Å². The quantitative estimate of drug-likeness (QED) is 0.471. The van der Waals surface area contributed by atoms with Crippen LogP contribution in [0.4, 0.5) is 0 Å². The van der Waals surface area contributed by atoms with Crippen molar-refractivity contribution in [3.8, 4) is 0 Å². The average molecular weight is 444 g/mol. The fourth-order valence-electron chi connectivity index (χ4n) is 9.23. The second kappa shape index (κ2) is 7.57. The number of esters is 1. The Morgan fingerprint density at radius 3 is 2.47 bits per heavy atom. The summed E-state index contributed by atoms with van der Waals surface area (Å²) in [7, 11) is 0. The second-order valence-electron chi connectivity index (χ2n) is 13.2. The van der Waals surface area contributed by atoms with E-state index in [1.807, 2.05) is 12.2 Å². The summed E-state index contributed by atoms with van der Waals surface area (Å²) in [5, 5.41) is 11.8. The predicted molar refractivity (Wildman–Crippen MR) is 127 cm³/mol. The lowest BCUT2D eigenvalue weighted by Crippen LogP contribution is -2.56. The van der Waals surface area contributed by atoms with E-state index in [2.05, 4.69) is 34.6 Å². The monoisotopic (exact) mass is 443 g/mol. The van der Waals surface area contributed by atoms with Gasteiger partial charge in [0, 0.05) is 12.0 Å². The van der Waals surface area contributed by atoms with Crippen LogP contribution >= 0.6 is 0 Å². The van der Waals surface area contributed by atoms with Gasteiger partial charge in [-0.1, -0.05) is 40.7 Å². The molecule has 5 fully saturated rings. The zero-order chi connectivity index (χ0) is 23.1. The zero-order valence-corrected chi connectivity index (χ0v) is 20.8. The standard InChI is InChI=1S/C28H45NO3/c1-16(2)17(3)8-13-28(31)24-23(32-25(28)30)15-22-20-7-6-18-14-19(29)9-11-26(18,4)21(20)10-12-27(22,24)5/h8,13,16-24,31H,6-7,9-12,14-15,29H2,1-5H3/b13-8+/t17?,18?,19-,20+,21-,22-,23-,24-,26-,27-,28-/m0/s1. The molecule has 4 saturated carbocycles. The van der Waals surface area contributed by atoms with Gasteiger partial charge in [-0.15, -0.1) is 0 Å². The number of ether oxygens (including phenoxy) is 1. The van der Waals surface area contributed by atoms with Gasteiger partial charge in [0.25, 0.3) is 0 Å². The van der Waals surface area contributed by atoms with E-state index in [1.165, 1.54) is 38.5 Å². The Labute approximate surface area is 194 Å². The van der Waals surface area contributed by atoms with Gasteiger partial charge in [-0.25, -0.2) is 4.79 Å². The summed E-state index contributed by atoms with van der Waals surface area (Å²) in [4.78, 5) is 12.9. The molecule has 180 valence electrons. The number of aliphatic hydroxyl groups is 1. The molecule has 0 radical (unpaired) electrons. The van der Waals surface area contributed by atoms with Crippen molar-refractivity contribution < 1.29 is 14.6 Å². The van der Waals surface area contributed by atoms with E-state index in [1.54, 1.807) is 0 Å². The first-order valence-electron chi connectivity index (χ1n) is 13.4. The van der Waals surface area contributed by atoms with Crippen LogP contribution in [0.3, 0.4) is 0 Å². The summed E-state index contributed by atoms with van der Waals surface area (Å²) >= 11 is 0. The van der Waals surface area contributed by atoms with E-state index in [9.17, 15) is 9.90 Å². The van der Waals surface area contributed by atoms with Crippen LogP contribution in [0.1, 0.15) is 86.0 Å². The third kappa shape index (κ3) is 3.11. The summed E-state index contributed by atoms with van der Waals surface area (Å²) in [5.41, 5.74) is 5.28. The van der Waals surface area contributed by atoms with Crippen LogP contribution in [0.2, 0.25) is 0 Å². The molecule has 5 rings (SSSR count). The highest BCUT2D eigenvalue weighted by molar-refractivity contribution is 5.85. The molecule has 5 aliphatic rings. The van der Waals surface area contributed by atoms with Gasteiger partial charge in [0.05, 0.1) is 0 Å². The maximum absolute atomic E-state index is 12.9. The molecule has 0 bridgehead atoms. The molecule has 1 aliphatic heterocycles. The Bertz CT molecular complexity index is 794. The number of hydrogen-bond acceptors (Lipinski definition) is 4. The lowest BCUT2D eigenvalue weighted by molar-refractivity contribution is -0.159. The molecule has 0 aromatic rings. The molecule has 11 atom stereocenters. The van der Waals surface area contributed by atoms with Gasteiger partial charge in [-0.2, -0.15) is 0 Å². The maximum Gasteiger partial charge on any atom is 0.342 e. The summed E-state index contributed by atoms with van der Waals surface area (Å²) in [6.45, 7) is 11.4. The highest BCUT2D eigenvalue weighted by atomic mass is 16.6. The number of fused-ring (bicyclic) bond motifs is 7. The van der Waals surface area contributed by atoms with Crippen LogP contribution in [-0.2, 0) is 9.53 Å². The lowest BCUT2D eigenvalue weighted by atomic mass is 9.44. The summed E-state index contributed by atoms with van der Waals surface area (Å²) in [6.07, 6.45) is 13.2. The minimum Gasteiger partial charge on any atom is -0.460 e. The molecular formula is C28H45NO3. The number of allylic oxidation sites excluding steroid dienone is 1. The molecule has 32 heavy (non-hydrogen) atoms. The molecule has 0 aromatic carbocycles. The van der Waals surface area contributed by atoms with Crippen LogP contribution in [0.25, 0.3) is 0 Å². The number of carbonyl (C=O) groups is 1. The molecule has 1 heterocycles. The van der Waals surface area contributed by atoms with Crippen molar-refractivity contribution >= 4 is 5.97 Å². The normalized spacial score (nSPS) is 53.5. The first-order chi connectivity index (χ1) is 15.0. The first kappa shape index (κ1) is 22.9. The molecule has 4 heteroatoms. The zero-order valence-electron chi connectivity index (χ0n) is 20.8. The van der Waals surface area contributed by atoms with Crippen molar-refractivity contribution in [2.45, 2.75) is 104 Å². The molecule has 4 nitrogen and oxygen atoms in total. The van der Waals surface area contributed by atoms with Gasteiger partial charge in [-0.05, 0) is 104 Å². The largest absolute Gasteiger partial charge is 0.460 e. The van der Waals surface area contributed by atoms with E-state index < -0.39 is 11.6 Å². The Hall–Kier alpha value is -0.870. The number of carbonyl (C=O) groups excluding carboxylic acids is 1. The number of nitrogens with two attached hydrogens (primary N) is 1. The molecule has 4 aliphatic carbocycles. The van der Waals surface area contributed by atoms with Crippen LogP contribution < -0.4 is 5.73 Å². The molecule has 1 saturated heterocycles. The predicted octanol–water partition coefficient (Wildman–Crippen LogP) is 5.09. The van der Waals surface area contributed by atoms with Crippen LogP contribution in [0, 0.1) is 52.3 Å². The van der Waals surface area contributed by atoms with E-state index in [4.69, 9.17) is 10.5 Å². The van der Waals surface area contributed by atoms with Gasteiger partial charge in [0.2, 0.25) is 0 Å². The van der Waals surface area contributed by atoms with Gasteiger partial charge in [0.15, 0.2) is 5.60 Å². The van der Waals surface area contributed by atoms with Gasteiger partial charge >= 0.3 is 5.97 Å². The van der Waals surface area contributed by atoms with Crippen molar-refractivity contribution in [1.82, 2.24) is 0 Å². The van der Waals surface area contributed by atoms with Gasteiger partial charge in [-0.3, -0.25) is 0 Å².